The summed E-state index contributed by atoms with van der Waals surface area (Å²) in [6.07, 6.45) is -1.09. The molecule has 2 heterocycles. The van der Waals surface area contributed by atoms with Crippen molar-refractivity contribution in [2.75, 3.05) is 0 Å². The first-order chi connectivity index (χ1) is 15.2. The zero-order chi connectivity index (χ0) is 22.7. The Labute approximate surface area is 184 Å². The van der Waals surface area contributed by atoms with E-state index in [0.717, 1.165) is 12.1 Å². The van der Waals surface area contributed by atoms with Gasteiger partial charge in [0, 0.05) is 57.5 Å². The lowest BCUT2D eigenvalue weighted by molar-refractivity contribution is -0.137. The molecule has 0 radical (unpaired) electrons. The van der Waals surface area contributed by atoms with Crippen LogP contribution in [0.4, 0.5) is 13.2 Å². The number of aromatic amines is 2. The smallest absolute Gasteiger partial charge is 0.416 e. The van der Waals surface area contributed by atoms with Crippen LogP contribution in [0.1, 0.15) is 22.3 Å². The third kappa shape index (κ3) is 3.08. The number of hydrogen-bond acceptors (Lipinski definition) is 2. The lowest BCUT2D eigenvalue weighted by Crippen LogP contribution is -2.22. The van der Waals surface area contributed by atoms with Crippen molar-refractivity contribution in [3.05, 3.63) is 95.3 Å². The van der Waals surface area contributed by atoms with Gasteiger partial charge >= 0.3 is 6.18 Å². The number of phenols is 2. The minimum atomic E-state index is -4.47. The Kier molecular flexibility index (Phi) is 4.43. The molecule has 32 heavy (non-hydrogen) atoms. The van der Waals surface area contributed by atoms with Crippen molar-refractivity contribution in [2.24, 2.45) is 0 Å². The van der Waals surface area contributed by atoms with Gasteiger partial charge in [-0.15, -0.1) is 11.6 Å². The van der Waals surface area contributed by atoms with Crippen LogP contribution in [0.2, 0.25) is 0 Å². The number of fused-ring (bicyclic) bond motifs is 2. The zero-order valence-corrected chi connectivity index (χ0v) is 17.1. The van der Waals surface area contributed by atoms with Gasteiger partial charge in [0.05, 0.1) is 5.56 Å². The quantitative estimate of drug-likeness (QED) is 0.231. The molecule has 4 nitrogen and oxygen atoms in total. The summed E-state index contributed by atoms with van der Waals surface area (Å²) in [4.78, 5) is 4.80. The van der Waals surface area contributed by atoms with E-state index in [1.165, 1.54) is 24.3 Å². The van der Waals surface area contributed by atoms with E-state index < -0.39 is 16.6 Å². The standard InChI is InChI=1S/C24H16ClF3N2O2/c25-23(13-1-3-14(4-2-13)24(26,27)28,19-11-29-21-9-15(31)5-7-17(19)21)20-12-30-22-10-16(32)6-8-18(20)22/h1-12,29-32H. The van der Waals surface area contributed by atoms with Gasteiger partial charge in [0.1, 0.15) is 16.4 Å². The number of hydrogen-bond donors (Lipinski definition) is 4. The molecular weight excluding hydrogens is 441 g/mol. The minimum Gasteiger partial charge on any atom is -0.508 e. The number of benzene rings is 3. The van der Waals surface area contributed by atoms with Gasteiger partial charge in [-0.25, -0.2) is 0 Å². The molecule has 162 valence electrons. The molecule has 3 aromatic carbocycles. The monoisotopic (exact) mass is 456 g/mol. The van der Waals surface area contributed by atoms with E-state index in [1.54, 1.807) is 36.7 Å². The Balaban J connectivity index is 1.80. The number of halogens is 4. The van der Waals surface area contributed by atoms with Crippen LogP contribution in [0.25, 0.3) is 21.8 Å². The highest BCUT2D eigenvalue weighted by atomic mass is 35.5. The predicted molar refractivity (Wildman–Crippen MR) is 117 cm³/mol. The normalized spacial score (nSPS) is 12.6. The topological polar surface area (TPSA) is 72.0 Å². The van der Waals surface area contributed by atoms with Crippen molar-refractivity contribution in [3.8, 4) is 11.5 Å². The van der Waals surface area contributed by atoms with Gasteiger partial charge in [0.2, 0.25) is 0 Å². The number of nitrogens with one attached hydrogen (secondary N) is 2. The van der Waals surface area contributed by atoms with Crippen molar-refractivity contribution < 1.29 is 23.4 Å². The summed E-state index contributed by atoms with van der Waals surface area (Å²) >= 11 is 7.36. The zero-order valence-electron chi connectivity index (χ0n) is 16.3. The molecule has 0 aliphatic rings. The SMILES string of the molecule is Oc1ccc2c(C(Cl)(c3ccc(C(F)(F)F)cc3)c3c[nH]c4cc(O)ccc34)c[nH]c2c1. The summed E-state index contributed by atoms with van der Waals surface area (Å²) in [7, 11) is 0. The van der Waals surface area contributed by atoms with Crippen LogP contribution in [0.15, 0.2) is 73.1 Å². The maximum Gasteiger partial charge on any atom is 0.416 e. The van der Waals surface area contributed by atoms with Crippen LogP contribution in [0.3, 0.4) is 0 Å². The van der Waals surface area contributed by atoms with E-state index in [2.05, 4.69) is 9.97 Å². The predicted octanol–water partition coefficient (Wildman–Crippen LogP) is 6.61. The minimum absolute atomic E-state index is 0.0724. The second-order valence-electron chi connectivity index (χ2n) is 7.60. The Morgan fingerprint density at radius 3 is 1.53 bits per heavy atom. The van der Waals surface area contributed by atoms with E-state index in [9.17, 15) is 23.4 Å². The fraction of sp³-hybridized carbons (Fsp3) is 0.0833. The highest BCUT2D eigenvalue weighted by Crippen LogP contribution is 2.49. The van der Waals surface area contributed by atoms with Crippen LogP contribution in [-0.2, 0) is 11.1 Å². The molecule has 0 saturated heterocycles. The second kappa shape index (κ2) is 6.97. The molecule has 0 aliphatic heterocycles. The number of phenolic OH excluding ortho intramolecular Hbond substituents is 2. The number of rotatable bonds is 3. The van der Waals surface area contributed by atoms with Crippen molar-refractivity contribution >= 4 is 33.4 Å². The Hall–Kier alpha value is -3.58. The van der Waals surface area contributed by atoms with Crippen molar-refractivity contribution in [1.82, 2.24) is 9.97 Å². The third-order valence-electron chi connectivity index (χ3n) is 5.68. The van der Waals surface area contributed by atoms with Gasteiger partial charge in [-0.05, 0) is 42.0 Å². The van der Waals surface area contributed by atoms with Crippen molar-refractivity contribution in [1.29, 1.82) is 0 Å². The average molecular weight is 457 g/mol. The summed E-state index contributed by atoms with van der Waals surface area (Å²) in [6, 6.07) is 14.3. The van der Waals surface area contributed by atoms with Gasteiger partial charge < -0.3 is 20.2 Å². The summed E-state index contributed by atoms with van der Waals surface area (Å²) in [5, 5.41) is 21.1. The summed E-state index contributed by atoms with van der Waals surface area (Å²) < 4.78 is 39.5. The Bertz CT molecular complexity index is 1370. The first-order valence-electron chi connectivity index (χ1n) is 9.66. The lowest BCUT2D eigenvalue weighted by atomic mass is 9.83. The van der Waals surface area contributed by atoms with Crippen LogP contribution in [-0.4, -0.2) is 20.2 Å². The molecule has 0 spiro atoms. The fourth-order valence-electron chi connectivity index (χ4n) is 4.14. The van der Waals surface area contributed by atoms with Crippen LogP contribution in [0, 0.1) is 0 Å². The Morgan fingerprint density at radius 1 is 0.656 bits per heavy atom. The number of aromatic nitrogens is 2. The molecule has 2 aromatic heterocycles. The molecule has 5 rings (SSSR count). The number of H-pyrrole nitrogens is 2. The second-order valence-corrected chi connectivity index (χ2v) is 8.17. The molecule has 0 aliphatic carbocycles. The molecule has 0 atom stereocenters. The molecule has 8 heteroatoms. The molecule has 4 N–H and O–H groups in total. The Morgan fingerprint density at radius 2 is 1.09 bits per heavy atom. The lowest BCUT2D eigenvalue weighted by Gasteiger charge is -2.28. The van der Waals surface area contributed by atoms with Crippen LogP contribution >= 0.6 is 11.6 Å². The van der Waals surface area contributed by atoms with Crippen molar-refractivity contribution in [3.63, 3.8) is 0 Å². The van der Waals surface area contributed by atoms with Gasteiger partial charge in [-0.2, -0.15) is 13.2 Å². The summed E-state index contributed by atoms with van der Waals surface area (Å²) in [5.41, 5.74) is 2.16. The van der Waals surface area contributed by atoms with E-state index in [-0.39, 0.29) is 11.5 Å². The van der Waals surface area contributed by atoms with Crippen LogP contribution in [0.5, 0.6) is 11.5 Å². The molecule has 0 unspecified atom stereocenters. The first kappa shape index (κ1) is 20.3. The van der Waals surface area contributed by atoms with Gasteiger partial charge in [-0.1, -0.05) is 12.1 Å². The summed E-state index contributed by atoms with van der Waals surface area (Å²) in [6.45, 7) is 0. The molecule has 0 bridgehead atoms. The third-order valence-corrected chi connectivity index (χ3v) is 6.31. The molecule has 0 fully saturated rings. The van der Waals surface area contributed by atoms with E-state index in [1.807, 2.05) is 0 Å². The molecular formula is C24H16ClF3N2O2. The van der Waals surface area contributed by atoms with E-state index in [4.69, 9.17) is 11.6 Å². The van der Waals surface area contributed by atoms with E-state index in [0.29, 0.717) is 38.5 Å². The first-order valence-corrected chi connectivity index (χ1v) is 10.0. The highest BCUT2D eigenvalue weighted by molar-refractivity contribution is 6.30. The number of aromatic hydroxyl groups is 2. The van der Waals surface area contributed by atoms with Gasteiger partial charge in [-0.3, -0.25) is 0 Å². The largest absolute Gasteiger partial charge is 0.508 e. The summed E-state index contributed by atoms with van der Waals surface area (Å²) in [5.74, 6) is 0.145. The molecule has 5 aromatic rings. The number of alkyl halides is 4. The molecule has 0 amide bonds. The highest BCUT2D eigenvalue weighted by Gasteiger charge is 2.39. The maximum absolute atomic E-state index is 13.2. The van der Waals surface area contributed by atoms with Gasteiger partial charge in [0.25, 0.3) is 0 Å². The van der Waals surface area contributed by atoms with Crippen LogP contribution < -0.4 is 0 Å². The van der Waals surface area contributed by atoms with Crippen molar-refractivity contribution in [2.45, 2.75) is 11.1 Å². The average Bonchev–Trinajstić information content (AvgIpc) is 3.36. The van der Waals surface area contributed by atoms with E-state index >= 15 is 0 Å². The maximum atomic E-state index is 13.2. The fourth-order valence-corrected chi connectivity index (χ4v) is 4.58. The molecule has 0 saturated carbocycles. The van der Waals surface area contributed by atoms with Gasteiger partial charge in [0.15, 0.2) is 0 Å².